The van der Waals surface area contributed by atoms with Crippen molar-refractivity contribution in [3.05, 3.63) is 0 Å². The van der Waals surface area contributed by atoms with Crippen LogP contribution in [0.1, 0.15) is 53.4 Å². The molecule has 2 heterocycles. The first-order valence-electron chi connectivity index (χ1n) is 7.60. The molecule has 1 amide bonds. The summed E-state index contributed by atoms with van der Waals surface area (Å²) in [5.41, 5.74) is -0.391. The van der Waals surface area contributed by atoms with E-state index in [0.717, 1.165) is 32.0 Å². The van der Waals surface area contributed by atoms with Crippen LogP contribution >= 0.6 is 0 Å². The van der Waals surface area contributed by atoms with Crippen LogP contribution in [-0.4, -0.2) is 53.2 Å². The van der Waals surface area contributed by atoms with Gasteiger partial charge in [0.2, 0.25) is 0 Å². The quantitative estimate of drug-likeness (QED) is 0.733. The Morgan fingerprint density at radius 3 is 2.21 bits per heavy atom. The van der Waals surface area contributed by atoms with Crippen molar-refractivity contribution >= 4 is 6.09 Å². The van der Waals surface area contributed by atoms with Crippen LogP contribution in [0.3, 0.4) is 0 Å². The summed E-state index contributed by atoms with van der Waals surface area (Å²) < 4.78 is 5.43. The molecule has 0 aromatic heterocycles. The topological polar surface area (TPSA) is 32.8 Å². The molecule has 0 radical (unpaired) electrons. The molecule has 2 aliphatic rings. The summed E-state index contributed by atoms with van der Waals surface area (Å²) in [7, 11) is 0. The largest absolute Gasteiger partial charge is 0.444 e. The Hall–Kier alpha value is -0.770. The van der Waals surface area contributed by atoms with Crippen LogP contribution in [0.4, 0.5) is 4.79 Å². The van der Waals surface area contributed by atoms with E-state index >= 15 is 0 Å². The van der Waals surface area contributed by atoms with Crippen LogP contribution in [0.15, 0.2) is 0 Å². The maximum Gasteiger partial charge on any atom is 0.410 e. The predicted octanol–water partition coefficient (Wildman–Crippen LogP) is 2.87. The molecule has 1 unspecified atom stereocenters. The predicted molar refractivity (Wildman–Crippen MR) is 76.2 cm³/mol. The fraction of sp³-hybridized carbons (Fsp3) is 0.933. The molecule has 2 saturated heterocycles. The van der Waals surface area contributed by atoms with Gasteiger partial charge in [-0.3, -0.25) is 4.90 Å². The average Bonchev–Trinajstić information content (AvgIpc) is 2.73. The highest BCUT2D eigenvalue weighted by Crippen LogP contribution is 2.26. The summed E-state index contributed by atoms with van der Waals surface area (Å²) in [4.78, 5) is 16.5. The monoisotopic (exact) mass is 268 g/mol. The van der Waals surface area contributed by atoms with E-state index in [1.807, 2.05) is 25.7 Å². The van der Waals surface area contributed by atoms with Gasteiger partial charge in [0.15, 0.2) is 0 Å². The minimum atomic E-state index is -0.391. The smallest absolute Gasteiger partial charge is 0.410 e. The summed E-state index contributed by atoms with van der Waals surface area (Å²) in [6, 6.07) is 1.38. The lowest BCUT2D eigenvalue weighted by atomic mass is 10.0. The van der Waals surface area contributed by atoms with Gasteiger partial charge >= 0.3 is 6.09 Å². The standard InChI is InChI=1S/C15H28N2O2/c1-12-6-5-9-17(12)13-7-10-16(11-8-13)14(18)19-15(2,3)4/h12-13H,5-11H2,1-4H3. The van der Waals surface area contributed by atoms with Crippen molar-refractivity contribution in [2.45, 2.75) is 71.1 Å². The number of likely N-dealkylation sites (tertiary alicyclic amines) is 2. The molecule has 4 heteroatoms. The Morgan fingerprint density at radius 1 is 1.11 bits per heavy atom. The van der Waals surface area contributed by atoms with Crippen molar-refractivity contribution in [3.8, 4) is 0 Å². The summed E-state index contributed by atoms with van der Waals surface area (Å²) in [5, 5.41) is 0. The lowest BCUT2D eigenvalue weighted by Crippen LogP contribution is -2.48. The lowest BCUT2D eigenvalue weighted by Gasteiger charge is -2.38. The second-order valence-electron chi connectivity index (χ2n) is 6.93. The molecule has 0 spiro atoms. The van der Waals surface area contributed by atoms with Crippen LogP contribution < -0.4 is 0 Å². The molecule has 0 aliphatic carbocycles. The Bertz CT molecular complexity index is 317. The lowest BCUT2D eigenvalue weighted by molar-refractivity contribution is 0.0139. The van der Waals surface area contributed by atoms with E-state index in [1.54, 1.807) is 0 Å². The van der Waals surface area contributed by atoms with Crippen LogP contribution in [0.5, 0.6) is 0 Å². The zero-order valence-corrected chi connectivity index (χ0v) is 12.8. The first-order chi connectivity index (χ1) is 8.87. The van der Waals surface area contributed by atoms with Crippen LogP contribution in [0.25, 0.3) is 0 Å². The third-order valence-electron chi connectivity index (χ3n) is 4.19. The van der Waals surface area contributed by atoms with Gasteiger partial charge in [-0.2, -0.15) is 0 Å². The van der Waals surface area contributed by atoms with Crippen LogP contribution in [-0.2, 0) is 4.74 Å². The van der Waals surface area contributed by atoms with Crippen molar-refractivity contribution in [1.29, 1.82) is 0 Å². The third-order valence-corrected chi connectivity index (χ3v) is 4.19. The Balaban J connectivity index is 1.80. The maximum atomic E-state index is 12.0. The van der Waals surface area contributed by atoms with Crippen molar-refractivity contribution < 1.29 is 9.53 Å². The second kappa shape index (κ2) is 5.70. The van der Waals surface area contributed by atoms with E-state index in [9.17, 15) is 4.79 Å². The average molecular weight is 268 g/mol. The van der Waals surface area contributed by atoms with E-state index in [-0.39, 0.29) is 6.09 Å². The molecule has 4 nitrogen and oxygen atoms in total. The van der Waals surface area contributed by atoms with E-state index in [4.69, 9.17) is 4.74 Å². The van der Waals surface area contributed by atoms with Gasteiger partial charge in [0.1, 0.15) is 5.60 Å². The Morgan fingerprint density at radius 2 is 1.74 bits per heavy atom. The molecule has 2 aliphatic heterocycles. The van der Waals surface area contributed by atoms with Gasteiger partial charge in [0.05, 0.1) is 0 Å². The normalized spacial score (nSPS) is 26.7. The molecule has 2 fully saturated rings. The third kappa shape index (κ3) is 3.85. The highest BCUT2D eigenvalue weighted by atomic mass is 16.6. The summed E-state index contributed by atoms with van der Waals surface area (Å²) in [6.45, 7) is 11.0. The molecular weight excluding hydrogens is 240 g/mol. The second-order valence-corrected chi connectivity index (χ2v) is 6.93. The van der Waals surface area contributed by atoms with E-state index in [2.05, 4.69) is 11.8 Å². The van der Waals surface area contributed by atoms with Crippen molar-refractivity contribution in [1.82, 2.24) is 9.80 Å². The van der Waals surface area contributed by atoms with Gasteiger partial charge in [-0.1, -0.05) is 0 Å². The van der Waals surface area contributed by atoms with Crippen molar-refractivity contribution in [2.75, 3.05) is 19.6 Å². The SMILES string of the molecule is CC1CCCN1C1CCN(C(=O)OC(C)(C)C)CC1. The molecule has 0 N–H and O–H groups in total. The van der Waals surface area contributed by atoms with Gasteiger partial charge in [0.25, 0.3) is 0 Å². The first kappa shape index (κ1) is 14.6. The minimum Gasteiger partial charge on any atom is -0.444 e. The summed E-state index contributed by atoms with van der Waals surface area (Å²) in [6.07, 6.45) is 4.67. The number of carbonyl (C=O) groups is 1. The van der Waals surface area contributed by atoms with Crippen LogP contribution in [0.2, 0.25) is 0 Å². The molecular formula is C15H28N2O2. The number of hydrogen-bond acceptors (Lipinski definition) is 3. The van der Waals surface area contributed by atoms with Crippen molar-refractivity contribution in [3.63, 3.8) is 0 Å². The summed E-state index contributed by atoms with van der Waals surface area (Å²) in [5.74, 6) is 0. The molecule has 0 aromatic rings. The number of carbonyl (C=O) groups excluding carboxylic acids is 1. The molecule has 0 aromatic carbocycles. The summed E-state index contributed by atoms with van der Waals surface area (Å²) >= 11 is 0. The van der Waals surface area contributed by atoms with E-state index in [1.165, 1.54) is 19.4 Å². The maximum absolute atomic E-state index is 12.0. The van der Waals surface area contributed by atoms with E-state index in [0.29, 0.717) is 6.04 Å². The Labute approximate surface area is 117 Å². The zero-order chi connectivity index (χ0) is 14.0. The van der Waals surface area contributed by atoms with Gasteiger partial charge in [0, 0.05) is 25.2 Å². The number of ether oxygens (including phenoxy) is 1. The highest BCUT2D eigenvalue weighted by Gasteiger charge is 2.32. The Kier molecular flexibility index (Phi) is 4.39. The first-order valence-corrected chi connectivity index (χ1v) is 7.60. The van der Waals surface area contributed by atoms with Gasteiger partial charge in [-0.25, -0.2) is 4.79 Å². The molecule has 1 atom stereocenters. The van der Waals surface area contributed by atoms with Gasteiger partial charge in [-0.15, -0.1) is 0 Å². The van der Waals surface area contributed by atoms with Gasteiger partial charge < -0.3 is 9.64 Å². The number of piperidine rings is 1. The molecule has 0 saturated carbocycles. The fourth-order valence-corrected chi connectivity index (χ4v) is 3.20. The van der Waals surface area contributed by atoms with Gasteiger partial charge in [-0.05, 0) is 59.9 Å². The van der Waals surface area contributed by atoms with E-state index < -0.39 is 5.60 Å². The number of hydrogen-bond donors (Lipinski definition) is 0. The minimum absolute atomic E-state index is 0.152. The molecule has 2 rings (SSSR count). The number of rotatable bonds is 1. The molecule has 110 valence electrons. The number of nitrogens with zero attached hydrogens (tertiary/aromatic N) is 2. The highest BCUT2D eigenvalue weighted by molar-refractivity contribution is 5.68. The van der Waals surface area contributed by atoms with Crippen LogP contribution in [0, 0.1) is 0 Å². The van der Waals surface area contributed by atoms with Crippen molar-refractivity contribution in [2.24, 2.45) is 0 Å². The molecule has 0 bridgehead atoms. The fourth-order valence-electron chi connectivity index (χ4n) is 3.20. The molecule has 19 heavy (non-hydrogen) atoms. The zero-order valence-electron chi connectivity index (χ0n) is 12.8. The number of amides is 1.